The lowest BCUT2D eigenvalue weighted by Crippen LogP contribution is -2.40. The third kappa shape index (κ3) is 2.95. The van der Waals surface area contributed by atoms with E-state index in [2.05, 4.69) is 11.8 Å². The molecule has 1 aliphatic rings. The molecule has 5 heteroatoms. The monoisotopic (exact) mass is 271 g/mol. The Kier molecular flexibility index (Phi) is 3.82. The van der Waals surface area contributed by atoms with E-state index in [0.29, 0.717) is 0 Å². The fraction of sp³-hybridized carbons (Fsp3) is 0.692. The van der Waals surface area contributed by atoms with E-state index in [1.807, 2.05) is 19.1 Å². The number of aryl methyl sites for hydroxylation is 1. The molecule has 2 rings (SSSR count). The number of sulfone groups is 1. The van der Waals surface area contributed by atoms with Crippen molar-refractivity contribution in [3.8, 4) is 0 Å². The van der Waals surface area contributed by atoms with Gasteiger partial charge in [-0.3, -0.25) is 4.90 Å². The van der Waals surface area contributed by atoms with Crippen molar-refractivity contribution in [3.63, 3.8) is 0 Å². The van der Waals surface area contributed by atoms with Crippen LogP contribution in [0.1, 0.15) is 37.3 Å². The second-order valence-electron chi connectivity index (χ2n) is 5.19. The molecule has 1 saturated heterocycles. The van der Waals surface area contributed by atoms with Crippen molar-refractivity contribution < 1.29 is 12.8 Å². The van der Waals surface area contributed by atoms with Gasteiger partial charge in [0.1, 0.15) is 21.4 Å². The Balaban J connectivity index is 1.98. The van der Waals surface area contributed by atoms with E-state index < -0.39 is 9.84 Å². The highest BCUT2D eigenvalue weighted by Gasteiger charge is 2.29. The smallest absolute Gasteiger partial charge is 0.150 e. The lowest BCUT2D eigenvalue weighted by atomic mass is 10.1. The summed E-state index contributed by atoms with van der Waals surface area (Å²) in [6, 6.07) is 4.19. The van der Waals surface area contributed by atoms with E-state index in [9.17, 15) is 8.42 Å². The topological polar surface area (TPSA) is 50.5 Å². The summed E-state index contributed by atoms with van der Waals surface area (Å²) in [7, 11) is -2.89. The van der Waals surface area contributed by atoms with Crippen LogP contribution in [0, 0.1) is 6.92 Å². The molecule has 0 radical (unpaired) electrons. The first-order valence-electron chi connectivity index (χ1n) is 6.37. The molecule has 0 amide bonds. The molecule has 1 atom stereocenters. The van der Waals surface area contributed by atoms with Gasteiger partial charge in [-0.15, -0.1) is 0 Å². The Morgan fingerprint density at radius 1 is 1.33 bits per heavy atom. The van der Waals surface area contributed by atoms with Crippen molar-refractivity contribution in [3.05, 3.63) is 23.7 Å². The maximum Gasteiger partial charge on any atom is 0.150 e. The summed E-state index contributed by atoms with van der Waals surface area (Å²) in [4.78, 5) is 2.29. The zero-order chi connectivity index (χ0) is 13.3. The summed E-state index contributed by atoms with van der Waals surface area (Å²) in [5, 5.41) is -0.167. The van der Waals surface area contributed by atoms with Gasteiger partial charge in [0, 0.05) is 19.3 Å². The summed E-state index contributed by atoms with van der Waals surface area (Å²) < 4.78 is 28.6. The van der Waals surface area contributed by atoms with Crippen LogP contribution in [0.2, 0.25) is 0 Å². The van der Waals surface area contributed by atoms with Crippen LogP contribution < -0.4 is 0 Å². The molecule has 0 spiro atoms. The van der Waals surface area contributed by atoms with E-state index in [0.717, 1.165) is 37.5 Å². The van der Waals surface area contributed by atoms with Gasteiger partial charge in [0.05, 0.1) is 11.3 Å². The summed E-state index contributed by atoms with van der Waals surface area (Å²) in [5.74, 6) is 1.88. The zero-order valence-corrected chi connectivity index (χ0v) is 12.0. The van der Waals surface area contributed by atoms with Crippen LogP contribution in [0.5, 0.6) is 0 Å². The molecule has 1 fully saturated rings. The average molecular weight is 271 g/mol. The van der Waals surface area contributed by atoms with Crippen LogP contribution in [0.25, 0.3) is 0 Å². The minimum absolute atomic E-state index is 0.167. The van der Waals surface area contributed by atoms with Gasteiger partial charge in [0.25, 0.3) is 0 Å². The molecule has 1 aromatic heterocycles. The minimum Gasteiger partial charge on any atom is -0.465 e. The maximum atomic E-state index is 11.5. The molecule has 102 valence electrons. The van der Waals surface area contributed by atoms with Gasteiger partial charge in [0.2, 0.25) is 0 Å². The number of hydrogen-bond acceptors (Lipinski definition) is 4. The number of piperidine rings is 1. The number of likely N-dealkylation sites (tertiary alicyclic amines) is 1. The van der Waals surface area contributed by atoms with Crippen LogP contribution in [0.15, 0.2) is 16.5 Å². The van der Waals surface area contributed by atoms with Crippen LogP contribution in [0.3, 0.4) is 0 Å². The van der Waals surface area contributed by atoms with E-state index in [-0.39, 0.29) is 11.3 Å². The fourth-order valence-corrected chi connectivity index (χ4v) is 3.62. The van der Waals surface area contributed by atoms with E-state index in [1.54, 1.807) is 0 Å². The van der Waals surface area contributed by atoms with Crippen LogP contribution >= 0.6 is 0 Å². The first-order valence-corrected chi connectivity index (χ1v) is 8.32. The molecule has 18 heavy (non-hydrogen) atoms. The largest absolute Gasteiger partial charge is 0.465 e. The third-order valence-corrected chi connectivity index (χ3v) is 5.49. The molecule has 4 nitrogen and oxygen atoms in total. The van der Waals surface area contributed by atoms with Gasteiger partial charge in [-0.05, 0) is 38.8 Å². The van der Waals surface area contributed by atoms with Crippen LogP contribution in [0.4, 0.5) is 0 Å². The van der Waals surface area contributed by atoms with Crippen molar-refractivity contribution in [1.82, 2.24) is 4.90 Å². The Labute approximate surface area is 109 Å². The van der Waals surface area contributed by atoms with Crippen molar-refractivity contribution >= 4 is 9.84 Å². The SMILES string of the molecule is Cc1ccc(C(C)N2CCC(S(C)(=O)=O)CC2)o1. The molecule has 2 heterocycles. The number of furan rings is 1. The summed E-state index contributed by atoms with van der Waals surface area (Å²) in [6.07, 6.45) is 2.79. The highest BCUT2D eigenvalue weighted by Crippen LogP contribution is 2.27. The Bertz CT molecular complexity index is 498. The standard InChI is InChI=1S/C13H21NO3S/c1-10-4-5-13(17-10)11(2)14-8-6-12(7-9-14)18(3,15)16/h4-5,11-12H,6-9H2,1-3H3. The highest BCUT2D eigenvalue weighted by atomic mass is 32.2. The second kappa shape index (κ2) is 5.05. The van der Waals surface area contributed by atoms with Gasteiger partial charge < -0.3 is 4.42 Å². The van der Waals surface area contributed by atoms with Crippen molar-refractivity contribution in [1.29, 1.82) is 0 Å². The minimum atomic E-state index is -2.89. The van der Waals surface area contributed by atoms with Gasteiger partial charge in [-0.2, -0.15) is 0 Å². The van der Waals surface area contributed by atoms with Crippen molar-refractivity contribution in [2.75, 3.05) is 19.3 Å². The van der Waals surface area contributed by atoms with Crippen molar-refractivity contribution in [2.45, 2.75) is 38.0 Å². The number of nitrogens with zero attached hydrogens (tertiary/aromatic N) is 1. The lowest BCUT2D eigenvalue weighted by Gasteiger charge is -2.34. The zero-order valence-electron chi connectivity index (χ0n) is 11.2. The fourth-order valence-electron chi connectivity index (χ4n) is 2.55. The predicted molar refractivity (Wildman–Crippen MR) is 71.3 cm³/mol. The number of rotatable bonds is 3. The summed E-state index contributed by atoms with van der Waals surface area (Å²) in [6.45, 7) is 5.68. The molecule has 0 bridgehead atoms. The van der Waals surface area contributed by atoms with Gasteiger partial charge in [-0.25, -0.2) is 8.42 Å². The third-order valence-electron chi connectivity index (χ3n) is 3.80. The molecule has 0 aliphatic carbocycles. The molecule has 0 N–H and O–H groups in total. The average Bonchev–Trinajstić information content (AvgIpc) is 2.74. The molecule has 1 aliphatic heterocycles. The summed E-state index contributed by atoms with van der Waals surface area (Å²) in [5.41, 5.74) is 0. The van der Waals surface area contributed by atoms with E-state index >= 15 is 0 Å². The first kappa shape index (κ1) is 13.6. The van der Waals surface area contributed by atoms with Gasteiger partial charge in [-0.1, -0.05) is 0 Å². The Hall–Kier alpha value is -0.810. The molecular formula is C13H21NO3S. The molecular weight excluding hydrogens is 250 g/mol. The lowest BCUT2D eigenvalue weighted by molar-refractivity contribution is 0.157. The van der Waals surface area contributed by atoms with Gasteiger partial charge in [0.15, 0.2) is 0 Å². The molecule has 0 aromatic carbocycles. The number of hydrogen-bond donors (Lipinski definition) is 0. The van der Waals surface area contributed by atoms with E-state index in [4.69, 9.17) is 4.42 Å². The summed E-state index contributed by atoms with van der Waals surface area (Å²) >= 11 is 0. The quantitative estimate of drug-likeness (QED) is 0.845. The first-order chi connectivity index (χ1) is 8.38. The molecule has 1 aromatic rings. The van der Waals surface area contributed by atoms with E-state index in [1.165, 1.54) is 6.26 Å². The Morgan fingerprint density at radius 3 is 2.39 bits per heavy atom. The normalized spacial score (nSPS) is 21.1. The Morgan fingerprint density at radius 2 is 1.94 bits per heavy atom. The van der Waals surface area contributed by atoms with Crippen LogP contribution in [-0.2, 0) is 9.84 Å². The van der Waals surface area contributed by atoms with Crippen molar-refractivity contribution in [2.24, 2.45) is 0 Å². The molecule has 1 unspecified atom stereocenters. The van der Waals surface area contributed by atoms with Crippen LogP contribution in [-0.4, -0.2) is 37.9 Å². The highest BCUT2D eigenvalue weighted by molar-refractivity contribution is 7.91. The molecule has 0 saturated carbocycles. The predicted octanol–water partition coefficient (Wildman–Crippen LogP) is 2.16. The maximum absolute atomic E-state index is 11.5. The van der Waals surface area contributed by atoms with Gasteiger partial charge >= 0.3 is 0 Å². The second-order valence-corrected chi connectivity index (χ2v) is 7.51.